The van der Waals surface area contributed by atoms with Crippen LogP contribution in [0.4, 0.5) is 0 Å². The van der Waals surface area contributed by atoms with Crippen molar-refractivity contribution < 1.29 is 24.2 Å². The Bertz CT molecular complexity index is 585. The SMILES string of the molecule is COC(=O)C(=O)/C=C(\O)c1cc(C)cc(C)c1OC(C)C. The molecule has 0 atom stereocenters. The predicted octanol–water partition coefficient (Wildman–Crippen LogP) is 2.73. The summed E-state index contributed by atoms with van der Waals surface area (Å²) in [5.41, 5.74) is 2.12. The van der Waals surface area contributed by atoms with Gasteiger partial charge in [-0.25, -0.2) is 4.79 Å². The zero-order valence-corrected chi connectivity index (χ0v) is 12.9. The minimum absolute atomic E-state index is 0.0886. The van der Waals surface area contributed by atoms with Crippen molar-refractivity contribution in [2.75, 3.05) is 7.11 Å². The van der Waals surface area contributed by atoms with Crippen LogP contribution < -0.4 is 4.74 Å². The normalized spacial score (nSPS) is 11.4. The number of methoxy groups -OCH3 is 1. The highest BCUT2D eigenvalue weighted by Crippen LogP contribution is 2.31. The molecule has 0 heterocycles. The average Bonchev–Trinajstić information content (AvgIpc) is 2.39. The fraction of sp³-hybridized carbons (Fsp3) is 0.375. The van der Waals surface area contributed by atoms with Gasteiger partial charge in [0.25, 0.3) is 5.78 Å². The van der Waals surface area contributed by atoms with E-state index in [0.717, 1.165) is 24.3 Å². The Morgan fingerprint density at radius 1 is 1.24 bits per heavy atom. The Hall–Kier alpha value is -2.30. The molecule has 0 spiro atoms. The molecular weight excluding hydrogens is 272 g/mol. The summed E-state index contributed by atoms with van der Waals surface area (Å²) in [5.74, 6) is -1.79. The van der Waals surface area contributed by atoms with Crippen molar-refractivity contribution in [2.24, 2.45) is 0 Å². The van der Waals surface area contributed by atoms with Crippen molar-refractivity contribution in [2.45, 2.75) is 33.8 Å². The molecule has 0 saturated heterocycles. The van der Waals surface area contributed by atoms with E-state index in [1.165, 1.54) is 0 Å². The van der Waals surface area contributed by atoms with Crippen LogP contribution in [0.5, 0.6) is 5.75 Å². The van der Waals surface area contributed by atoms with E-state index in [1.807, 2.05) is 33.8 Å². The molecule has 0 aliphatic carbocycles. The van der Waals surface area contributed by atoms with Gasteiger partial charge in [-0.05, 0) is 44.9 Å². The molecular formula is C16H20O5. The van der Waals surface area contributed by atoms with Crippen molar-refractivity contribution in [3.05, 3.63) is 34.9 Å². The molecule has 0 aliphatic rings. The summed E-state index contributed by atoms with van der Waals surface area (Å²) in [6.07, 6.45) is 0.752. The van der Waals surface area contributed by atoms with E-state index in [-0.39, 0.29) is 11.9 Å². The molecule has 5 heteroatoms. The van der Waals surface area contributed by atoms with Crippen LogP contribution in [-0.4, -0.2) is 30.1 Å². The monoisotopic (exact) mass is 292 g/mol. The first-order valence-corrected chi connectivity index (χ1v) is 6.57. The van der Waals surface area contributed by atoms with Crippen molar-refractivity contribution in [3.8, 4) is 5.75 Å². The second-order valence-corrected chi connectivity index (χ2v) is 5.01. The zero-order valence-electron chi connectivity index (χ0n) is 12.9. The van der Waals surface area contributed by atoms with E-state index in [0.29, 0.717) is 11.3 Å². The molecule has 0 aliphatic heterocycles. The standard InChI is InChI=1S/C16H20O5/c1-9(2)21-15-11(4)6-10(3)7-12(15)13(17)8-14(18)16(19)20-5/h6-9,17H,1-5H3/b13-8-. The van der Waals surface area contributed by atoms with Crippen molar-refractivity contribution >= 4 is 17.5 Å². The largest absolute Gasteiger partial charge is 0.507 e. The second kappa shape index (κ2) is 6.92. The van der Waals surface area contributed by atoms with Crippen LogP contribution >= 0.6 is 0 Å². The first kappa shape index (κ1) is 16.8. The molecule has 0 aromatic heterocycles. The molecule has 1 N–H and O–H groups in total. The number of ether oxygens (including phenoxy) is 2. The number of esters is 1. The van der Waals surface area contributed by atoms with E-state index in [1.54, 1.807) is 6.07 Å². The summed E-state index contributed by atoms with van der Waals surface area (Å²) in [6, 6.07) is 3.61. The maximum Gasteiger partial charge on any atom is 0.378 e. The quantitative estimate of drug-likeness (QED) is 0.391. The third kappa shape index (κ3) is 4.34. The van der Waals surface area contributed by atoms with Crippen LogP contribution in [0.1, 0.15) is 30.5 Å². The lowest BCUT2D eigenvalue weighted by Gasteiger charge is -2.17. The van der Waals surface area contributed by atoms with Crippen LogP contribution in [0.3, 0.4) is 0 Å². The molecule has 21 heavy (non-hydrogen) atoms. The van der Waals surface area contributed by atoms with E-state index >= 15 is 0 Å². The van der Waals surface area contributed by atoms with Crippen molar-refractivity contribution in [1.82, 2.24) is 0 Å². The van der Waals surface area contributed by atoms with Gasteiger partial charge in [-0.2, -0.15) is 0 Å². The van der Waals surface area contributed by atoms with Gasteiger partial charge in [0.2, 0.25) is 0 Å². The lowest BCUT2D eigenvalue weighted by Crippen LogP contribution is -2.13. The highest BCUT2D eigenvalue weighted by atomic mass is 16.5. The summed E-state index contributed by atoms with van der Waals surface area (Å²) in [4.78, 5) is 22.6. The van der Waals surface area contributed by atoms with Crippen molar-refractivity contribution in [1.29, 1.82) is 0 Å². The van der Waals surface area contributed by atoms with Crippen LogP contribution in [0, 0.1) is 13.8 Å². The number of carbonyl (C=O) groups is 2. The summed E-state index contributed by atoms with van der Waals surface area (Å²) in [6.45, 7) is 7.45. The molecule has 114 valence electrons. The van der Waals surface area contributed by atoms with E-state index in [2.05, 4.69) is 4.74 Å². The fourth-order valence-corrected chi connectivity index (χ4v) is 1.90. The van der Waals surface area contributed by atoms with Gasteiger partial charge >= 0.3 is 5.97 Å². The molecule has 0 saturated carbocycles. The first-order valence-electron chi connectivity index (χ1n) is 6.57. The zero-order chi connectivity index (χ0) is 16.2. The van der Waals surface area contributed by atoms with Crippen LogP contribution in [0.15, 0.2) is 18.2 Å². The average molecular weight is 292 g/mol. The van der Waals surface area contributed by atoms with Gasteiger partial charge < -0.3 is 14.6 Å². The Labute approximate surface area is 124 Å². The maximum atomic E-state index is 11.5. The molecule has 0 amide bonds. The number of hydrogen-bond donors (Lipinski definition) is 1. The summed E-state index contributed by atoms with van der Waals surface area (Å²) >= 11 is 0. The summed E-state index contributed by atoms with van der Waals surface area (Å²) in [5, 5.41) is 10.1. The highest BCUT2D eigenvalue weighted by Gasteiger charge is 2.17. The van der Waals surface area contributed by atoms with E-state index < -0.39 is 11.8 Å². The van der Waals surface area contributed by atoms with Crippen molar-refractivity contribution in [3.63, 3.8) is 0 Å². The van der Waals surface area contributed by atoms with Gasteiger partial charge in [0, 0.05) is 6.08 Å². The third-order valence-corrected chi connectivity index (χ3v) is 2.70. The fourth-order valence-electron chi connectivity index (χ4n) is 1.90. The lowest BCUT2D eigenvalue weighted by atomic mass is 10.0. The number of hydrogen-bond acceptors (Lipinski definition) is 5. The number of carbonyl (C=O) groups excluding carboxylic acids is 2. The number of aryl methyl sites for hydroxylation is 2. The van der Waals surface area contributed by atoms with E-state index in [4.69, 9.17) is 4.74 Å². The van der Waals surface area contributed by atoms with Gasteiger partial charge in [-0.15, -0.1) is 0 Å². The molecule has 0 radical (unpaired) electrons. The second-order valence-electron chi connectivity index (χ2n) is 5.01. The molecule has 0 fully saturated rings. The Kier molecular flexibility index (Phi) is 5.52. The van der Waals surface area contributed by atoms with Gasteiger partial charge in [0.1, 0.15) is 11.5 Å². The van der Waals surface area contributed by atoms with Gasteiger partial charge in [-0.1, -0.05) is 6.07 Å². The summed E-state index contributed by atoms with van der Waals surface area (Å²) < 4.78 is 10.0. The third-order valence-electron chi connectivity index (χ3n) is 2.70. The number of rotatable bonds is 5. The Morgan fingerprint density at radius 2 is 1.86 bits per heavy atom. The molecule has 1 aromatic rings. The Morgan fingerprint density at radius 3 is 2.38 bits per heavy atom. The molecule has 1 rings (SSSR count). The van der Waals surface area contributed by atoms with Gasteiger partial charge in [0.05, 0.1) is 18.8 Å². The number of ketones is 1. The highest BCUT2D eigenvalue weighted by molar-refractivity contribution is 6.39. The molecule has 5 nitrogen and oxygen atoms in total. The first-order chi connectivity index (χ1) is 9.76. The predicted molar refractivity (Wildman–Crippen MR) is 79.3 cm³/mol. The lowest BCUT2D eigenvalue weighted by molar-refractivity contribution is -0.149. The topological polar surface area (TPSA) is 72.8 Å². The van der Waals surface area contributed by atoms with Crippen LogP contribution in [-0.2, 0) is 14.3 Å². The van der Waals surface area contributed by atoms with Gasteiger partial charge in [0.15, 0.2) is 0 Å². The molecule has 0 bridgehead atoms. The number of benzene rings is 1. The molecule has 0 unspecified atom stereocenters. The number of aliphatic hydroxyl groups is 1. The maximum absolute atomic E-state index is 11.5. The number of aliphatic hydroxyl groups excluding tert-OH is 1. The minimum Gasteiger partial charge on any atom is -0.507 e. The Balaban J connectivity index is 3.30. The van der Waals surface area contributed by atoms with Crippen LogP contribution in [0.2, 0.25) is 0 Å². The summed E-state index contributed by atoms with van der Waals surface area (Å²) in [7, 11) is 1.11. The van der Waals surface area contributed by atoms with Crippen LogP contribution in [0.25, 0.3) is 5.76 Å². The minimum atomic E-state index is -1.03. The smallest absolute Gasteiger partial charge is 0.378 e. The van der Waals surface area contributed by atoms with Gasteiger partial charge in [-0.3, -0.25) is 4.79 Å². The van der Waals surface area contributed by atoms with E-state index in [9.17, 15) is 14.7 Å². The molecule has 1 aromatic carbocycles.